The third kappa shape index (κ3) is 6.24. The van der Waals surface area contributed by atoms with Crippen molar-refractivity contribution in [3.8, 4) is 0 Å². The molecular weight excluding hydrogens is 270 g/mol. The maximum atomic E-state index is 11.1. The van der Waals surface area contributed by atoms with Gasteiger partial charge in [0.2, 0.25) is 0 Å². The van der Waals surface area contributed by atoms with E-state index in [9.17, 15) is 13.5 Å². The third-order valence-electron chi connectivity index (χ3n) is 3.40. The first-order valence-electron chi connectivity index (χ1n) is 6.49. The molecule has 0 aromatic rings. The Morgan fingerprint density at radius 1 is 1.42 bits per heavy atom. The predicted molar refractivity (Wildman–Crippen MR) is 70.9 cm³/mol. The molecule has 1 saturated carbocycles. The van der Waals surface area contributed by atoms with E-state index in [-0.39, 0.29) is 18.6 Å². The summed E-state index contributed by atoms with van der Waals surface area (Å²) in [5.74, 6) is 0.0669. The summed E-state index contributed by atoms with van der Waals surface area (Å²) in [4.78, 5) is 2.86. The molecule has 110 valence electrons. The number of aliphatic hydroxyl groups is 1. The highest BCUT2D eigenvalue weighted by Gasteiger charge is 2.27. The molecule has 0 radical (unpaired) electrons. The van der Waals surface area contributed by atoms with Gasteiger partial charge in [0.1, 0.15) is 6.10 Å². The molecule has 0 aromatic carbocycles. The number of hydrogen-bond donors (Lipinski definition) is 1. The Morgan fingerprint density at radius 2 is 2.11 bits per heavy atom. The van der Waals surface area contributed by atoms with Crippen LogP contribution in [0, 0.1) is 5.92 Å². The lowest BCUT2D eigenvalue weighted by molar-refractivity contribution is 0.0942. The first-order chi connectivity index (χ1) is 8.96. The smallest absolute Gasteiger partial charge is 0.264 e. The first-order valence-corrected chi connectivity index (χ1v) is 8.31. The lowest BCUT2D eigenvalue weighted by atomic mass is 9.90. The molecule has 0 spiro atoms. The van der Waals surface area contributed by atoms with Gasteiger partial charge in [-0.3, -0.25) is 4.18 Å². The standard InChI is InChI=1S/C11H21N3O4S/c1-19(16,17)18-10(8-15)7-9-5-3-2-4-6-11(9)13-14-12/h9-11,15H,2-8H2,1H3/t9-,10+,11-/m0/s1. The van der Waals surface area contributed by atoms with Crippen molar-refractivity contribution in [3.63, 3.8) is 0 Å². The molecule has 0 unspecified atom stereocenters. The lowest BCUT2D eigenvalue weighted by Crippen LogP contribution is -2.28. The summed E-state index contributed by atoms with van der Waals surface area (Å²) in [5.41, 5.74) is 8.59. The van der Waals surface area contributed by atoms with Crippen LogP contribution in [-0.4, -0.2) is 38.5 Å². The van der Waals surface area contributed by atoms with Crippen LogP contribution in [0.25, 0.3) is 10.4 Å². The third-order valence-corrected chi connectivity index (χ3v) is 4.02. The van der Waals surface area contributed by atoms with Gasteiger partial charge < -0.3 is 5.11 Å². The van der Waals surface area contributed by atoms with Gasteiger partial charge in [-0.05, 0) is 30.7 Å². The van der Waals surface area contributed by atoms with E-state index in [1.54, 1.807) is 0 Å². The van der Waals surface area contributed by atoms with E-state index < -0.39 is 16.2 Å². The van der Waals surface area contributed by atoms with Crippen molar-refractivity contribution in [2.24, 2.45) is 11.0 Å². The van der Waals surface area contributed by atoms with E-state index in [2.05, 4.69) is 10.0 Å². The molecule has 1 aliphatic carbocycles. The molecule has 1 N–H and O–H groups in total. The Labute approximate surface area is 113 Å². The van der Waals surface area contributed by atoms with Gasteiger partial charge in [0.15, 0.2) is 0 Å². The van der Waals surface area contributed by atoms with Crippen LogP contribution in [0.1, 0.15) is 38.5 Å². The normalized spacial score (nSPS) is 26.2. The van der Waals surface area contributed by atoms with Crippen molar-refractivity contribution >= 4 is 10.1 Å². The zero-order valence-electron chi connectivity index (χ0n) is 11.1. The van der Waals surface area contributed by atoms with Crippen molar-refractivity contribution in [1.82, 2.24) is 0 Å². The highest BCUT2D eigenvalue weighted by molar-refractivity contribution is 7.86. The van der Waals surface area contributed by atoms with Crippen molar-refractivity contribution in [2.45, 2.75) is 50.7 Å². The average Bonchev–Trinajstić information content (AvgIpc) is 2.53. The summed E-state index contributed by atoms with van der Waals surface area (Å²) in [7, 11) is -3.59. The zero-order valence-corrected chi connectivity index (χ0v) is 11.9. The fourth-order valence-corrected chi connectivity index (χ4v) is 3.22. The van der Waals surface area contributed by atoms with Crippen LogP contribution in [-0.2, 0) is 14.3 Å². The van der Waals surface area contributed by atoms with Crippen LogP contribution in [0.15, 0.2) is 5.11 Å². The molecule has 0 amide bonds. The fraction of sp³-hybridized carbons (Fsp3) is 1.00. The van der Waals surface area contributed by atoms with E-state index >= 15 is 0 Å². The monoisotopic (exact) mass is 291 g/mol. The molecule has 0 heterocycles. The van der Waals surface area contributed by atoms with Crippen LogP contribution in [0.4, 0.5) is 0 Å². The molecule has 1 rings (SSSR count). The summed E-state index contributed by atoms with van der Waals surface area (Å²) in [6.07, 6.45) is 5.41. The Hall–Kier alpha value is -0.820. The molecule has 0 saturated heterocycles. The number of hydrogen-bond acceptors (Lipinski definition) is 5. The van der Waals surface area contributed by atoms with Gasteiger partial charge in [-0.2, -0.15) is 8.42 Å². The topological polar surface area (TPSA) is 112 Å². The Balaban J connectivity index is 2.70. The van der Waals surface area contributed by atoms with Gasteiger partial charge in [0, 0.05) is 11.0 Å². The molecule has 0 bridgehead atoms. The van der Waals surface area contributed by atoms with Gasteiger partial charge in [0.05, 0.1) is 12.9 Å². The van der Waals surface area contributed by atoms with E-state index in [1.807, 2.05) is 0 Å². The summed E-state index contributed by atoms with van der Waals surface area (Å²) in [6, 6.07) is -0.135. The van der Waals surface area contributed by atoms with E-state index in [4.69, 9.17) is 9.71 Å². The Bertz CT molecular complexity index is 420. The quantitative estimate of drug-likeness (QED) is 0.265. The summed E-state index contributed by atoms with van der Waals surface area (Å²) in [5, 5.41) is 13.0. The van der Waals surface area contributed by atoms with Crippen LogP contribution in [0.3, 0.4) is 0 Å². The second-order valence-electron chi connectivity index (χ2n) is 5.01. The van der Waals surface area contributed by atoms with Crippen molar-refractivity contribution in [3.05, 3.63) is 10.4 Å². The maximum absolute atomic E-state index is 11.1. The Morgan fingerprint density at radius 3 is 2.68 bits per heavy atom. The highest BCUT2D eigenvalue weighted by Crippen LogP contribution is 2.30. The summed E-state index contributed by atoms with van der Waals surface area (Å²) < 4.78 is 27.0. The number of nitrogens with zero attached hydrogens (tertiary/aromatic N) is 3. The van der Waals surface area contributed by atoms with E-state index in [0.717, 1.165) is 38.4 Å². The van der Waals surface area contributed by atoms with Gasteiger partial charge >= 0.3 is 0 Å². The second kappa shape index (κ2) is 7.69. The van der Waals surface area contributed by atoms with E-state index in [0.29, 0.717) is 6.42 Å². The van der Waals surface area contributed by atoms with Gasteiger partial charge in [0.25, 0.3) is 10.1 Å². The van der Waals surface area contributed by atoms with Crippen molar-refractivity contribution < 1.29 is 17.7 Å². The number of rotatable bonds is 6. The molecule has 1 fully saturated rings. The predicted octanol–water partition coefficient (Wildman–Crippen LogP) is 1.97. The molecule has 0 aromatic heterocycles. The minimum absolute atomic E-state index is 0.0669. The molecule has 1 aliphatic rings. The summed E-state index contributed by atoms with van der Waals surface area (Å²) in [6.45, 7) is -0.355. The van der Waals surface area contributed by atoms with Crippen LogP contribution >= 0.6 is 0 Å². The first kappa shape index (κ1) is 16.2. The van der Waals surface area contributed by atoms with Gasteiger partial charge in [-0.15, -0.1) is 0 Å². The van der Waals surface area contributed by atoms with Crippen LogP contribution in [0.2, 0.25) is 0 Å². The van der Waals surface area contributed by atoms with Crippen molar-refractivity contribution in [1.29, 1.82) is 0 Å². The Kier molecular flexibility index (Phi) is 6.57. The largest absolute Gasteiger partial charge is 0.394 e. The molecule has 0 aliphatic heterocycles. The average molecular weight is 291 g/mol. The van der Waals surface area contributed by atoms with Gasteiger partial charge in [-0.25, -0.2) is 0 Å². The minimum Gasteiger partial charge on any atom is -0.394 e. The van der Waals surface area contributed by atoms with Crippen LogP contribution in [0.5, 0.6) is 0 Å². The van der Waals surface area contributed by atoms with Gasteiger partial charge in [-0.1, -0.05) is 24.4 Å². The fourth-order valence-electron chi connectivity index (χ4n) is 2.59. The number of aliphatic hydroxyl groups excluding tert-OH is 1. The SMILES string of the molecule is CS(=O)(=O)O[C@@H](CO)C[C@@H]1CCCCC[C@@H]1N=[N+]=[N-]. The van der Waals surface area contributed by atoms with E-state index in [1.165, 1.54) is 0 Å². The summed E-state index contributed by atoms with van der Waals surface area (Å²) >= 11 is 0. The molecule has 19 heavy (non-hydrogen) atoms. The molecule has 3 atom stereocenters. The van der Waals surface area contributed by atoms with Crippen LogP contribution < -0.4 is 0 Å². The molecular formula is C11H21N3O4S. The molecule has 8 heteroatoms. The minimum atomic E-state index is -3.59. The maximum Gasteiger partial charge on any atom is 0.264 e. The lowest BCUT2D eigenvalue weighted by Gasteiger charge is -2.24. The molecule has 7 nitrogen and oxygen atoms in total. The second-order valence-corrected chi connectivity index (χ2v) is 6.61. The number of azide groups is 1. The van der Waals surface area contributed by atoms with Crippen molar-refractivity contribution in [2.75, 3.05) is 12.9 Å². The zero-order chi connectivity index (χ0) is 14.3. The highest BCUT2D eigenvalue weighted by atomic mass is 32.2.